The van der Waals surface area contributed by atoms with E-state index in [0.717, 1.165) is 25.3 Å². The molecule has 1 heterocycles. The Morgan fingerprint density at radius 2 is 2.20 bits per heavy atom. The minimum atomic E-state index is 0.406. The molecule has 0 aliphatic carbocycles. The predicted molar refractivity (Wildman–Crippen MR) is 64.5 cm³/mol. The summed E-state index contributed by atoms with van der Waals surface area (Å²) in [4.78, 5) is 4.49. The number of aliphatic imine (C=N–C) groups is 1. The number of aryl methyl sites for hydroxylation is 1. The summed E-state index contributed by atoms with van der Waals surface area (Å²) in [6.07, 6.45) is 1.09. The smallest absolute Gasteiger partial charge is 0.104 e. The Morgan fingerprint density at radius 3 is 2.87 bits per heavy atom. The third-order valence-corrected chi connectivity index (χ3v) is 3.01. The van der Waals surface area contributed by atoms with Crippen molar-refractivity contribution in [1.82, 2.24) is 5.32 Å². The third-order valence-electron chi connectivity index (χ3n) is 3.01. The molecule has 2 heteroatoms. The molecule has 0 aromatic heterocycles. The summed E-state index contributed by atoms with van der Waals surface area (Å²) in [7, 11) is 0. The van der Waals surface area contributed by atoms with E-state index in [1.54, 1.807) is 0 Å². The summed E-state index contributed by atoms with van der Waals surface area (Å²) in [6, 6.07) is 8.65. The maximum absolute atomic E-state index is 4.49. The summed E-state index contributed by atoms with van der Waals surface area (Å²) < 4.78 is 0. The van der Waals surface area contributed by atoms with Crippen molar-refractivity contribution in [3.05, 3.63) is 35.4 Å². The van der Waals surface area contributed by atoms with Crippen LogP contribution in [-0.4, -0.2) is 18.9 Å². The minimum Gasteiger partial charge on any atom is -0.371 e. The van der Waals surface area contributed by atoms with Gasteiger partial charge in [0, 0.05) is 12.5 Å². The molecule has 0 amide bonds. The van der Waals surface area contributed by atoms with Crippen LogP contribution in [0.3, 0.4) is 0 Å². The number of benzene rings is 1. The molecule has 1 aliphatic heterocycles. The molecule has 15 heavy (non-hydrogen) atoms. The van der Waals surface area contributed by atoms with Gasteiger partial charge in [-0.15, -0.1) is 0 Å². The Labute approximate surface area is 91.4 Å². The lowest BCUT2D eigenvalue weighted by Gasteiger charge is -2.16. The molecule has 0 bridgehead atoms. The second kappa shape index (κ2) is 4.47. The van der Waals surface area contributed by atoms with Gasteiger partial charge < -0.3 is 5.32 Å². The zero-order valence-corrected chi connectivity index (χ0v) is 9.46. The first-order valence-electron chi connectivity index (χ1n) is 5.69. The van der Waals surface area contributed by atoms with E-state index < -0.39 is 0 Å². The Balaban J connectivity index is 2.27. The largest absolute Gasteiger partial charge is 0.371 e. The van der Waals surface area contributed by atoms with Crippen LogP contribution < -0.4 is 5.32 Å². The Morgan fingerprint density at radius 1 is 1.40 bits per heavy atom. The van der Waals surface area contributed by atoms with Gasteiger partial charge in [-0.05, 0) is 17.5 Å². The molecule has 80 valence electrons. The molecular formula is C13H18N2. The van der Waals surface area contributed by atoms with Gasteiger partial charge in [0.2, 0.25) is 0 Å². The first-order valence-corrected chi connectivity index (χ1v) is 5.69. The van der Waals surface area contributed by atoms with Gasteiger partial charge in [-0.3, -0.25) is 4.99 Å². The van der Waals surface area contributed by atoms with Crippen molar-refractivity contribution in [1.29, 1.82) is 0 Å². The van der Waals surface area contributed by atoms with Gasteiger partial charge in [0.05, 0.1) is 6.54 Å². The van der Waals surface area contributed by atoms with E-state index in [4.69, 9.17) is 0 Å². The van der Waals surface area contributed by atoms with E-state index >= 15 is 0 Å². The van der Waals surface area contributed by atoms with Gasteiger partial charge in [-0.2, -0.15) is 0 Å². The maximum Gasteiger partial charge on any atom is 0.104 e. The van der Waals surface area contributed by atoms with Crippen LogP contribution in [0.25, 0.3) is 0 Å². The first kappa shape index (κ1) is 10.2. The van der Waals surface area contributed by atoms with E-state index in [-0.39, 0.29) is 0 Å². The molecule has 0 spiro atoms. The number of nitrogens with one attached hydrogen (secondary N) is 1. The van der Waals surface area contributed by atoms with Crippen molar-refractivity contribution >= 4 is 5.84 Å². The molecule has 1 aromatic rings. The molecule has 1 unspecified atom stereocenters. The van der Waals surface area contributed by atoms with Crippen molar-refractivity contribution in [3.63, 3.8) is 0 Å². The Hall–Kier alpha value is -1.31. The monoisotopic (exact) mass is 202 g/mol. The van der Waals surface area contributed by atoms with Crippen molar-refractivity contribution < 1.29 is 0 Å². The van der Waals surface area contributed by atoms with Gasteiger partial charge in [0.1, 0.15) is 5.84 Å². The highest BCUT2D eigenvalue weighted by molar-refractivity contribution is 5.90. The minimum absolute atomic E-state index is 0.406. The average Bonchev–Trinajstić information content (AvgIpc) is 2.81. The fraction of sp³-hybridized carbons (Fsp3) is 0.462. The molecule has 0 radical (unpaired) electrons. The molecule has 0 fully saturated rings. The topological polar surface area (TPSA) is 24.4 Å². The highest BCUT2D eigenvalue weighted by Gasteiger charge is 2.17. The average molecular weight is 202 g/mol. The zero-order chi connectivity index (χ0) is 10.7. The van der Waals surface area contributed by atoms with Gasteiger partial charge in [-0.25, -0.2) is 0 Å². The van der Waals surface area contributed by atoms with E-state index in [9.17, 15) is 0 Å². The Bertz CT molecular complexity index is 369. The lowest BCUT2D eigenvalue weighted by atomic mass is 9.93. The highest BCUT2D eigenvalue weighted by Crippen LogP contribution is 2.21. The second-order valence-electron chi connectivity index (χ2n) is 3.97. The summed E-state index contributed by atoms with van der Waals surface area (Å²) in [6.45, 7) is 6.35. The Kier molecular flexibility index (Phi) is 3.05. The molecular weight excluding hydrogens is 184 g/mol. The van der Waals surface area contributed by atoms with Crippen molar-refractivity contribution in [3.8, 4) is 0 Å². The molecule has 1 N–H and O–H groups in total. The van der Waals surface area contributed by atoms with Gasteiger partial charge in [0.15, 0.2) is 0 Å². The molecule has 1 aliphatic rings. The fourth-order valence-electron chi connectivity index (χ4n) is 2.13. The maximum atomic E-state index is 4.49. The SMILES string of the molecule is CCc1ccccc1C(C)C1=NCCN1. The van der Waals surface area contributed by atoms with Gasteiger partial charge >= 0.3 is 0 Å². The molecule has 2 rings (SSSR count). The summed E-state index contributed by atoms with van der Waals surface area (Å²) in [5.41, 5.74) is 2.84. The fourth-order valence-corrected chi connectivity index (χ4v) is 2.13. The van der Waals surface area contributed by atoms with Gasteiger partial charge in [-0.1, -0.05) is 38.1 Å². The predicted octanol–water partition coefficient (Wildman–Crippen LogP) is 2.35. The van der Waals surface area contributed by atoms with E-state index in [0.29, 0.717) is 5.92 Å². The summed E-state index contributed by atoms with van der Waals surface area (Å²) >= 11 is 0. The number of amidine groups is 1. The van der Waals surface area contributed by atoms with Crippen molar-refractivity contribution in [2.75, 3.05) is 13.1 Å². The van der Waals surface area contributed by atoms with Crippen LogP contribution in [0.4, 0.5) is 0 Å². The molecule has 0 saturated carbocycles. The molecule has 2 nitrogen and oxygen atoms in total. The molecule has 0 saturated heterocycles. The normalized spacial score (nSPS) is 17.1. The number of hydrogen-bond donors (Lipinski definition) is 1. The van der Waals surface area contributed by atoms with Crippen LogP contribution in [0.15, 0.2) is 29.3 Å². The number of rotatable bonds is 3. The zero-order valence-electron chi connectivity index (χ0n) is 9.46. The number of hydrogen-bond acceptors (Lipinski definition) is 2. The lowest BCUT2D eigenvalue weighted by Crippen LogP contribution is -2.24. The summed E-state index contributed by atoms with van der Waals surface area (Å²) in [5.74, 6) is 1.56. The summed E-state index contributed by atoms with van der Waals surface area (Å²) in [5, 5.41) is 3.36. The van der Waals surface area contributed by atoms with Gasteiger partial charge in [0.25, 0.3) is 0 Å². The van der Waals surface area contributed by atoms with Crippen LogP contribution in [0.5, 0.6) is 0 Å². The van der Waals surface area contributed by atoms with Crippen molar-refractivity contribution in [2.24, 2.45) is 4.99 Å². The molecule has 1 aromatic carbocycles. The van der Waals surface area contributed by atoms with E-state index in [1.807, 2.05) is 0 Å². The molecule has 1 atom stereocenters. The van der Waals surface area contributed by atoms with E-state index in [2.05, 4.69) is 48.4 Å². The lowest BCUT2D eigenvalue weighted by molar-refractivity contribution is 0.905. The quantitative estimate of drug-likeness (QED) is 0.799. The van der Waals surface area contributed by atoms with Crippen LogP contribution >= 0.6 is 0 Å². The van der Waals surface area contributed by atoms with Crippen molar-refractivity contribution in [2.45, 2.75) is 26.2 Å². The van der Waals surface area contributed by atoms with Crippen LogP contribution in [-0.2, 0) is 6.42 Å². The second-order valence-corrected chi connectivity index (χ2v) is 3.97. The third kappa shape index (κ3) is 2.04. The van der Waals surface area contributed by atoms with Crippen LogP contribution in [0, 0.1) is 0 Å². The standard InChI is InChI=1S/C13H18N2/c1-3-11-6-4-5-7-12(11)10(2)13-14-8-9-15-13/h4-7,10H,3,8-9H2,1-2H3,(H,14,15). The van der Waals surface area contributed by atoms with Crippen LogP contribution in [0.2, 0.25) is 0 Å². The van der Waals surface area contributed by atoms with Crippen LogP contribution in [0.1, 0.15) is 30.9 Å². The number of nitrogens with zero attached hydrogens (tertiary/aromatic N) is 1. The van der Waals surface area contributed by atoms with E-state index in [1.165, 1.54) is 11.1 Å². The first-order chi connectivity index (χ1) is 7.33. The highest BCUT2D eigenvalue weighted by atomic mass is 15.1.